The number of aryl methyl sites for hydroxylation is 1. The number of benzene rings is 1. The number of amides is 1. The van der Waals surface area contributed by atoms with E-state index in [1.807, 2.05) is 0 Å². The van der Waals surface area contributed by atoms with Crippen LogP contribution in [-0.2, 0) is 16.6 Å². The van der Waals surface area contributed by atoms with Gasteiger partial charge in [0.1, 0.15) is 0 Å². The van der Waals surface area contributed by atoms with Gasteiger partial charge in [0, 0.05) is 17.9 Å². The molecule has 1 amide bonds. The van der Waals surface area contributed by atoms with E-state index in [1.165, 1.54) is 11.1 Å². The van der Waals surface area contributed by atoms with Crippen molar-refractivity contribution in [2.45, 2.75) is 51.9 Å². The molecule has 0 bridgehead atoms. The van der Waals surface area contributed by atoms with Crippen molar-refractivity contribution in [3.63, 3.8) is 0 Å². The van der Waals surface area contributed by atoms with Gasteiger partial charge in [0.25, 0.3) is 0 Å². The zero-order valence-corrected chi connectivity index (χ0v) is 16.0. The molecule has 1 aliphatic carbocycles. The predicted molar refractivity (Wildman–Crippen MR) is 102 cm³/mol. The molecular formula is C20H31ClN2O. The molecule has 1 saturated carbocycles. The van der Waals surface area contributed by atoms with Gasteiger partial charge in [-0.3, -0.25) is 4.79 Å². The highest BCUT2D eigenvalue weighted by Crippen LogP contribution is 2.58. The Morgan fingerprint density at radius 2 is 1.88 bits per heavy atom. The van der Waals surface area contributed by atoms with Crippen LogP contribution < -0.4 is 10.6 Å². The molecule has 2 aliphatic rings. The quantitative estimate of drug-likeness (QED) is 0.853. The minimum Gasteiger partial charge on any atom is -0.355 e. The molecule has 1 unspecified atom stereocenters. The van der Waals surface area contributed by atoms with Gasteiger partial charge in [-0.05, 0) is 55.3 Å². The van der Waals surface area contributed by atoms with E-state index in [0.29, 0.717) is 12.0 Å². The van der Waals surface area contributed by atoms with Crippen molar-refractivity contribution in [1.82, 2.24) is 10.6 Å². The Morgan fingerprint density at radius 1 is 1.25 bits per heavy atom. The zero-order valence-electron chi connectivity index (χ0n) is 15.2. The van der Waals surface area contributed by atoms with Crippen molar-refractivity contribution in [1.29, 1.82) is 0 Å². The highest BCUT2D eigenvalue weighted by molar-refractivity contribution is 5.85. The molecule has 1 spiro atoms. The highest BCUT2D eigenvalue weighted by atomic mass is 35.5. The number of piperidine rings is 1. The van der Waals surface area contributed by atoms with E-state index in [4.69, 9.17) is 0 Å². The van der Waals surface area contributed by atoms with Crippen molar-refractivity contribution in [2.75, 3.05) is 19.6 Å². The summed E-state index contributed by atoms with van der Waals surface area (Å²) in [5.74, 6) is 0.521. The number of rotatable bonds is 5. The highest BCUT2D eigenvalue weighted by Gasteiger charge is 2.57. The van der Waals surface area contributed by atoms with Crippen LogP contribution in [0.4, 0.5) is 0 Å². The largest absolute Gasteiger partial charge is 0.355 e. The van der Waals surface area contributed by atoms with Crippen molar-refractivity contribution >= 4 is 18.3 Å². The molecule has 1 saturated heterocycles. The molecule has 134 valence electrons. The van der Waals surface area contributed by atoms with Gasteiger partial charge in [-0.25, -0.2) is 0 Å². The van der Waals surface area contributed by atoms with E-state index >= 15 is 0 Å². The number of carbonyl (C=O) groups excluding carboxylic acids is 1. The second-order valence-electron chi connectivity index (χ2n) is 8.02. The smallest absolute Gasteiger partial charge is 0.223 e. The summed E-state index contributed by atoms with van der Waals surface area (Å²) in [6.07, 6.45) is 4.47. The average molecular weight is 351 g/mol. The lowest BCUT2D eigenvalue weighted by molar-refractivity contribution is -0.123. The summed E-state index contributed by atoms with van der Waals surface area (Å²) in [4.78, 5) is 12.5. The Hall–Kier alpha value is -1.06. The molecule has 1 atom stereocenters. The summed E-state index contributed by atoms with van der Waals surface area (Å²) in [6, 6.07) is 8.81. The third-order valence-electron chi connectivity index (χ3n) is 5.95. The van der Waals surface area contributed by atoms with Crippen LogP contribution in [0.15, 0.2) is 24.3 Å². The van der Waals surface area contributed by atoms with Crippen molar-refractivity contribution in [3.8, 4) is 0 Å². The van der Waals surface area contributed by atoms with Crippen LogP contribution in [0.2, 0.25) is 0 Å². The number of hydrogen-bond donors (Lipinski definition) is 2. The Balaban J connectivity index is 0.00000208. The van der Waals surface area contributed by atoms with Gasteiger partial charge in [-0.1, -0.05) is 45.0 Å². The van der Waals surface area contributed by atoms with Crippen LogP contribution in [0.5, 0.6) is 0 Å². The van der Waals surface area contributed by atoms with Gasteiger partial charge < -0.3 is 10.6 Å². The molecule has 24 heavy (non-hydrogen) atoms. The van der Waals surface area contributed by atoms with Gasteiger partial charge >= 0.3 is 0 Å². The van der Waals surface area contributed by atoms with Crippen molar-refractivity contribution in [3.05, 3.63) is 35.4 Å². The Bertz CT molecular complexity index is 562. The van der Waals surface area contributed by atoms with Crippen LogP contribution in [0, 0.1) is 11.3 Å². The molecule has 1 heterocycles. The lowest BCUT2D eigenvalue weighted by Gasteiger charge is -2.27. The maximum Gasteiger partial charge on any atom is 0.223 e. The maximum atomic E-state index is 12.5. The van der Waals surface area contributed by atoms with Crippen molar-refractivity contribution < 1.29 is 4.79 Å². The monoisotopic (exact) mass is 350 g/mol. The summed E-state index contributed by atoms with van der Waals surface area (Å²) < 4.78 is 0. The zero-order chi connectivity index (χ0) is 16.5. The first-order valence-electron chi connectivity index (χ1n) is 9.05. The molecule has 1 aliphatic heterocycles. The first-order valence-corrected chi connectivity index (χ1v) is 9.05. The lowest BCUT2D eigenvalue weighted by Crippen LogP contribution is -2.39. The minimum absolute atomic E-state index is 0. The van der Waals surface area contributed by atoms with E-state index in [9.17, 15) is 4.79 Å². The van der Waals surface area contributed by atoms with E-state index in [1.54, 1.807) is 0 Å². The molecule has 1 aromatic rings. The van der Waals surface area contributed by atoms with Gasteiger partial charge in [0.2, 0.25) is 5.91 Å². The molecule has 0 aromatic heterocycles. The summed E-state index contributed by atoms with van der Waals surface area (Å²) in [5, 5.41) is 6.62. The number of nitrogens with one attached hydrogen (secondary N) is 2. The molecule has 2 fully saturated rings. The first kappa shape index (κ1) is 19.3. The molecular weight excluding hydrogens is 320 g/mol. The van der Waals surface area contributed by atoms with Crippen molar-refractivity contribution in [2.24, 2.45) is 11.3 Å². The first-order chi connectivity index (χ1) is 11.0. The normalized spacial score (nSPS) is 21.9. The van der Waals surface area contributed by atoms with Crippen LogP contribution in [-0.4, -0.2) is 25.5 Å². The summed E-state index contributed by atoms with van der Waals surface area (Å²) in [7, 11) is 0. The second-order valence-corrected chi connectivity index (χ2v) is 8.02. The van der Waals surface area contributed by atoms with Crippen LogP contribution in [0.1, 0.15) is 51.2 Å². The van der Waals surface area contributed by atoms with Crippen LogP contribution in [0.25, 0.3) is 0 Å². The van der Waals surface area contributed by atoms with E-state index in [2.05, 4.69) is 55.7 Å². The Morgan fingerprint density at radius 3 is 2.46 bits per heavy atom. The van der Waals surface area contributed by atoms with Crippen LogP contribution in [0.3, 0.4) is 0 Å². The minimum atomic E-state index is -0.0297. The molecule has 3 rings (SSSR count). The van der Waals surface area contributed by atoms with Gasteiger partial charge in [-0.15, -0.1) is 12.4 Å². The third kappa shape index (κ3) is 3.94. The topological polar surface area (TPSA) is 41.1 Å². The number of halogens is 1. The fourth-order valence-corrected chi connectivity index (χ4v) is 3.92. The van der Waals surface area contributed by atoms with E-state index in [0.717, 1.165) is 38.8 Å². The van der Waals surface area contributed by atoms with E-state index in [-0.39, 0.29) is 29.6 Å². The molecule has 4 heteroatoms. The standard InChI is InChI=1S/C20H30N2O.ClH/c1-4-15-5-7-16(8-6-15)19(2,3)14-22-18(23)17-13-20(17)9-11-21-12-10-20;/h5-8,17,21H,4,9-14H2,1-3H3,(H,22,23);1H. The Kier molecular flexibility index (Phi) is 5.98. The molecule has 2 N–H and O–H groups in total. The van der Waals surface area contributed by atoms with Gasteiger partial charge in [0.15, 0.2) is 0 Å². The number of hydrogen-bond acceptors (Lipinski definition) is 2. The number of carbonyl (C=O) groups is 1. The van der Waals surface area contributed by atoms with Gasteiger partial charge in [0.05, 0.1) is 0 Å². The van der Waals surface area contributed by atoms with E-state index < -0.39 is 0 Å². The molecule has 1 aromatic carbocycles. The Labute approximate surface area is 152 Å². The summed E-state index contributed by atoms with van der Waals surface area (Å²) >= 11 is 0. The van der Waals surface area contributed by atoms with Gasteiger partial charge in [-0.2, -0.15) is 0 Å². The summed E-state index contributed by atoms with van der Waals surface area (Å²) in [6.45, 7) is 9.44. The second kappa shape index (κ2) is 7.45. The third-order valence-corrected chi connectivity index (χ3v) is 5.95. The fraction of sp³-hybridized carbons (Fsp3) is 0.650. The molecule has 3 nitrogen and oxygen atoms in total. The fourth-order valence-electron chi connectivity index (χ4n) is 3.92. The lowest BCUT2D eigenvalue weighted by atomic mass is 9.84. The SMILES string of the molecule is CCc1ccc(C(C)(C)CNC(=O)C2CC23CCNCC3)cc1.Cl. The van der Waals surface area contributed by atoms with Crippen LogP contribution >= 0.6 is 12.4 Å². The average Bonchev–Trinajstić information content (AvgIpc) is 3.26. The molecule has 0 radical (unpaired) electrons. The summed E-state index contributed by atoms with van der Waals surface area (Å²) in [5.41, 5.74) is 2.95. The predicted octanol–water partition coefficient (Wildman–Crippen LogP) is 3.45. The maximum absolute atomic E-state index is 12.5.